The van der Waals surface area contributed by atoms with Crippen molar-refractivity contribution in [1.29, 1.82) is 0 Å². The molecule has 0 spiro atoms. The van der Waals surface area contributed by atoms with Crippen molar-refractivity contribution in [2.45, 2.75) is 13.1 Å². The Morgan fingerprint density at radius 2 is 1.86 bits per heavy atom. The van der Waals surface area contributed by atoms with Crippen molar-refractivity contribution in [2.24, 2.45) is 5.84 Å². The van der Waals surface area contributed by atoms with Gasteiger partial charge in [-0.15, -0.1) is 0 Å². The molecule has 148 valence electrons. The largest absolute Gasteiger partial charge is 0.473 e. The van der Waals surface area contributed by atoms with Crippen LogP contribution in [0.15, 0.2) is 54.3 Å². The fourth-order valence-corrected chi connectivity index (χ4v) is 2.91. The lowest BCUT2D eigenvalue weighted by molar-refractivity contribution is -0.182. The first-order chi connectivity index (χ1) is 13.6. The standard InChI is InChI=1S/C20H14F3N3O3/c1-2-5-11-10-15(27)17-16(18(11)28)13(12-6-3-4-7-14(12)25-17)8-9-26(24)19(29)20(21,22)23/h2-10H,24H2,1H3/b5-2+,9-8+. The van der Waals surface area contributed by atoms with Crippen LogP contribution < -0.4 is 5.84 Å². The number of aromatic nitrogens is 1. The lowest BCUT2D eigenvalue weighted by atomic mass is 9.87. The number of benzene rings is 1. The molecular formula is C20H14F3N3O3. The van der Waals surface area contributed by atoms with Crippen molar-refractivity contribution >= 4 is 34.5 Å². The Morgan fingerprint density at radius 3 is 2.52 bits per heavy atom. The van der Waals surface area contributed by atoms with Gasteiger partial charge in [-0.3, -0.25) is 14.4 Å². The number of allylic oxidation sites excluding steroid dienone is 4. The second-order valence-electron chi connectivity index (χ2n) is 6.09. The van der Waals surface area contributed by atoms with Crippen molar-refractivity contribution in [3.63, 3.8) is 0 Å². The molecule has 1 aromatic heterocycles. The smallest absolute Gasteiger partial charge is 0.288 e. The van der Waals surface area contributed by atoms with Crippen molar-refractivity contribution in [1.82, 2.24) is 9.99 Å². The highest BCUT2D eigenvalue weighted by Gasteiger charge is 2.41. The van der Waals surface area contributed by atoms with E-state index in [9.17, 15) is 27.6 Å². The highest BCUT2D eigenvalue weighted by molar-refractivity contribution is 6.27. The zero-order valence-electron chi connectivity index (χ0n) is 15.0. The van der Waals surface area contributed by atoms with Gasteiger partial charge in [-0.05, 0) is 30.7 Å². The van der Waals surface area contributed by atoms with Crippen molar-refractivity contribution in [3.05, 3.63) is 71.1 Å². The minimum Gasteiger partial charge on any atom is -0.288 e. The van der Waals surface area contributed by atoms with Gasteiger partial charge < -0.3 is 0 Å². The number of Topliss-reactive ketones (excluding diaryl/α,β-unsaturated/α-hetero) is 1. The number of nitrogens with zero attached hydrogens (tertiary/aromatic N) is 2. The van der Waals surface area contributed by atoms with Gasteiger partial charge >= 0.3 is 12.1 Å². The molecule has 0 atom stereocenters. The number of alkyl halides is 3. The first-order valence-electron chi connectivity index (χ1n) is 8.34. The molecule has 1 amide bonds. The van der Waals surface area contributed by atoms with Crippen LogP contribution >= 0.6 is 0 Å². The maximum Gasteiger partial charge on any atom is 0.473 e. The lowest BCUT2D eigenvalue weighted by Gasteiger charge is -2.18. The maximum atomic E-state index is 12.9. The fraction of sp³-hybridized carbons (Fsp3) is 0.100. The van der Waals surface area contributed by atoms with Crippen LogP contribution in [0.3, 0.4) is 0 Å². The number of carbonyl (C=O) groups is 3. The third-order valence-corrected chi connectivity index (χ3v) is 4.17. The van der Waals surface area contributed by atoms with Gasteiger partial charge in [-0.25, -0.2) is 15.8 Å². The first kappa shape index (κ1) is 20.2. The van der Waals surface area contributed by atoms with E-state index in [0.29, 0.717) is 17.1 Å². The summed E-state index contributed by atoms with van der Waals surface area (Å²) < 4.78 is 37.7. The molecule has 1 aliphatic carbocycles. The van der Waals surface area contributed by atoms with E-state index in [0.717, 1.165) is 12.2 Å². The Labute approximate surface area is 162 Å². The van der Waals surface area contributed by atoms with E-state index in [2.05, 4.69) is 4.98 Å². The second kappa shape index (κ2) is 7.44. The molecule has 0 unspecified atom stereocenters. The molecule has 2 aromatic rings. The zero-order valence-corrected chi connectivity index (χ0v) is 15.0. The summed E-state index contributed by atoms with van der Waals surface area (Å²) in [7, 11) is 0. The average molecular weight is 401 g/mol. The zero-order chi connectivity index (χ0) is 21.3. The van der Waals surface area contributed by atoms with E-state index >= 15 is 0 Å². The van der Waals surface area contributed by atoms with Crippen molar-refractivity contribution in [3.8, 4) is 0 Å². The summed E-state index contributed by atoms with van der Waals surface area (Å²) in [5, 5.41) is 0.289. The van der Waals surface area contributed by atoms with Gasteiger partial charge in [0.1, 0.15) is 5.69 Å². The van der Waals surface area contributed by atoms with Crippen LogP contribution in [0.5, 0.6) is 0 Å². The number of amides is 1. The van der Waals surface area contributed by atoms with Crippen molar-refractivity contribution in [2.75, 3.05) is 0 Å². The summed E-state index contributed by atoms with van der Waals surface area (Å²) in [6.07, 6.45) is 0.818. The number of hydrazine groups is 1. The summed E-state index contributed by atoms with van der Waals surface area (Å²) in [5.41, 5.74) is 0.443. The van der Waals surface area contributed by atoms with Gasteiger partial charge in [0.05, 0.1) is 11.1 Å². The number of rotatable bonds is 3. The number of hydrogen-bond acceptors (Lipinski definition) is 5. The van der Waals surface area contributed by atoms with Gasteiger partial charge in [0.25, 0.3) is 0 Å². The topological polar surface area (TPSA) is 93.4 Å². The van der Waals surface area contributed by atoms with E-state index in [4.69, 9.17) is 5.84 Å². The molecule has 0 saturated heterocycles. The molecule has 0 bridgehead atoms. The van der Waals surface area contributed by atoms with E-state index in [1.165, 1.54) is 6.08 Å². The first-order valence-corrected chi connectivity index (χ1v) is 8.34. The SMILES string of the molecule is C/C=C/C1=CC(=O)c2nc3ccccc3c(/C=C/N(N)C(=O)C(F)(F)F)c2C1=O. The number of para-hydroxylation sites is 1. The van der Waals surface area contributed by atoms with Crippen LogP contribution in [0.25, 0.3) is 17.0 Å². The number of halogens is 3. The van der Waals surface area contributed by atoms with Crippen LogP contribution in [0.4, 0.5) is 13.2 Å². The molecular weight excluding hydrogens is 387 g/mol. The molecule has 0 saturated carbocycles. The minimum atomic E-state index is -5.16. The van der Waals surface area contributed by atoms with Crippen LogP contribution in [0, 0.1) is 0 Å². The molecule has 2 N–H and O–H groups in total. The third-order valence-electron chi connectivity index (χ3n) is 4.17. The summed E-state index contributed by atoms with van der Waals surface area (Å²) >= 11 is 0. The molecule has 1 aromatic carbocycles. The molecule has 9 heteroatoms. The second-order valence-corrected chi connectivity index (χ2v) is 6.09. The Kier molecular flexibility index (Phi) is 5.17. The molecule has 0 aliphatic heterocycles. The summed E-state index contributed by atoms with van der Waals surface area (Å²) in [6.45, 7) is 1.67. The van der Waals surface area contributed by atoms with Crippen LogP contribution in [-0.2, 0) is 4.79 Å². The van der Waals surface area contributed by atoms with Gasteiger partial charge in [0.2, 0.25) is 5.78 Å². The van der Waals surface area contributed by atoms with Crippen LogP contribution in [0.2, 0.25) is 0 Å². The van der Waals surface area contributed by atoms with Gasteiger partial charge in [-0.1, -0.05) is 30.4 Å². The number of ketones is 2. The quantitative estimate of drug-likeness (QED) is 0.484. The van der Waals surface area contributed by atoms with E-state index in [1.807, 2.05) is 0 Å². The van der Waals surface area contributed by atoms with Crippen LogP contribution in [0.1, 0.15) is 33.3 Å². The molecule has 0 fully saturated rings. The van der Waals surface area contributed by atoms with E-state index in [-0.39, 0.29) is 27.4 Å². The van der Waals surface area contributed by atoms with E-state index in [1.54, 1.807) is 37.3 Å². The van der Waals surface area contributed by atoms with Gasteiger partial charge in [0, 0.05) is 17.2 Å². The monoisotopic (exact) mass is 401 g/mol. The Bertz CT molecular complexity index is 1130. The molecule has 6 nitrogen and oxygen atoms in total. The number of fused-ring (bicyclic) bond motifs is 2. The number of nitrogens with two attached hydrogens (primary N) is 1. The summed E-state index contributed by atoms with van der Waals surface area (Å²) in [4.78, 5) is 40.9. The van der Waals surface area contributed by atoms with Crippen LogP contribution in [-0.4, -0.2) is 33.6 Å². The lowest BCUT2D eigenvalue weighted by Crippen LogP contribution is -2.41. The number of carbonyl (C=O) groups excluding carboxylic acids is 3. The van der Waals surface area contributed by atoms with E-state index < -0.39 is 23.6 Å². The molecule has 29 heavy (non-hydrogen) atoms. The summed E-state index contributed by atoms with van der Waals surface area (Å²) in [5.74, 6) is 1.89. The Balaban J connectivity index is 2.22. The average Bonchev–Trinajstić information content (AvgIpc) is 2.67. The highest BCUT2D eigenvalue weighted by Crippen LogP contribution is 2.31. The van der Waals surface area contributed by atoms with Gasteiger partial charge in [-0.2, -0.15) is 13.2 Å². The maximum absolute atomic E-state index is 12.9. The number of hydrogen-bond donors (Lipinski definition) is 1. The van der Waals surface area contributed by atoms with Gasteiger partial charge in [0.15, 0.2) is 5.78 Å². The Morgan fingerprint density at radius 1 is 1.17 bits per heavy atom. The fourth-order valence-electron chi connectivity index (χ4n) is 2.91. The molecule has 0 radical (unpaired) electrons. The summed E-state index contributed by atoms with van der Waals surface area (Å²) in [6, 6.07) is 6.50. The highest BCUT2D eigenvalue weighted by atomic mass is 19.4. The number of pyridine rings is 1. The predicted molar refractivity (Wildman–Crippen MR) is 99.4 cm³/mol. The molecule has 1 heterocycles. The minimum absolute atomic E-state index is 0.0617. The van der Waals surface area contributed by atoms with Crippen molar-refractivity contribution < 1.29 is 27.6 Å². The normalized spacial score (nSPS) is 14.6. The molecule has 3 rings (SSSR count). The molecule has 1 aliphatic rings. The third kappa shape index (κ3) is 3.72. The Hall–Kier alpha value is -3.59. The predicted octanol–water partition coefficient (Wildman–Crippen LogP) is 3.35.